The van der Waals surface area contributed by atoms with Crippen LogP contribution in [0.25, 0.3) is 0 Å². The van der Waals surface area contributed by atoms with Crippen LogP contribution in [0.15, 0.2) is 0 Å². The highest BCUT2D eigenvalue weighted by Gasteiger charge is 2.36. The van der Waals surface area contributed by atoms with Gasteiger partial charge in [-0.05, 0) is 25.9 Å². The molecule has 0 aromatic carbocycles. The van der Waals surface area contributed by atoms with Gasteiger partial charge in [0.05, 0.1) is 13.0 Å². The summed E-state index contributed by atoms with van der Waals surface area (Å²) in [6.45, 7) is 3.89. The smallest absolute Gasteiger partial charge is 0.302 e. The van der Waals surface area contributed by atoms with Crippen LogP contribution >= 0.6 is 0 Å². The minimum absolute atomic E-state index is 0.123. The fourth-order valence-corrected chi connectivity index (χ4v) is 2.48. The van der Waals surface area contributed by atoms with E-state index in [1.807, 2.05) is 4.90 Å². The molecule has 0 saturated carbocycles. The third-order valence-corrected chi connectivity index (χ3v) is 3.21. The number of nitrogens with one attached hydrogen (secondary N) is 1. The molecule has 16 heavy (non-hydrogen) atoms. The number of likely N-dealkylation sites (tertiary alicyclic amines) is 1. The Balaban J connectivity index is 1.90. The van der Waals surface area contributed by atoms with Crippen LogP contribution in [0.2, 0.25) is 0 Å². The molecule has 0 spiro atoms. The Morgan fingerprint density at radius 1 is 1.44 bits per heavy atom. The van der Waals surface area contributed by atoms with Crippen molar-refractivity contribution in [3.05, 3.63) is 0 Å². The number of ether oxygens (including phenoxy) is 1. The highest BCUT2D eigenvalue weighted by Crippen LogP contribution is 2.21. The minimum atomic E-state index is -0.301. The zero-order valence-corrected chi connectivity index (χ0v) is 9.57. The van der Waals surface area contributed by atoms with Gasteiger partial charge in [0, 0.05) is 13.0 Å². The SMILES string of the molecule is CC(=O)OC1CC(=O)N(C2CCNCC2)C1. The Morgan fingerprint density at radius 2 is 2.12 bits per heavy atom. The maximum Gasteiger partial charge on any atom is 0.302 e. The van der Waals surface area contributed by atoms with Gasteiger partial charge in [0.25, 0.3) is 0 Å². The zero-order valence-electron chi connectivity index (χ0n) is 9.57. The van der Waals surface area contributed by atoms with Crippen LogP contribution in [-0.2, 0) is 14.3 Å². The van der Waals surface area contributed by atoms with Crippen molar-refractivity contribution in [3.8, 4) is 0 Å². The Hall–Kier alpha value is -1.10. The van der Waals surface area contributed by atoms with Crippen molar-refractivity contribution in [2.75, 3.05) is 19.6 Å². The molecule has 2 heterocycles. The summed E-state index contributed by atoms with van der Waals surface area (Å²) in [4.78, 5) is 24.5. The zero-order chi connectivity index (χ0) is 11.5. The second kappa shape index (κ2) is 4.82. The molecule has 2 aliphatic rings. The average molecular weight is 226 g/mol. The first-order valence-corrected chi connectivity index (χ1v) is 5.84. The predicted octanol–water partition coefficient (Wildman–Crippen LogP) is -0.0976. The summed E-state index contributed by atoms with van der Waals surface area (Å²) in [7, 11) is 0. The number of amides is 1. The highest BCUT2D eigenvalue weighted by atomic mass is 16.5. The molecule has 0 aliphatic carbocycles. The molecule has 5 heteroatoms. The quantitative estimate of drug-likeness (QED) is 0.668. The molecular weight excluding hydrogens is 208 g/mol. The standard InChI is InChI=1S/C11H18N2O3/c1-8(14)16-10-6-11(15)13(7-10)9-2-4-12-5-3-9/h9-10,12H,2-7H2,1H3. The first-order chi connectivity index (χ1) is 7.66. The normalized spacial score (nSPS) is 27.2. The Morgan fingerprint density at radius 3 is 2.75 bits per heavy atom. The van der Waals surface area contributed by atoms with E-state index in [1.54, 1.807) is 0 Å². The number of esters is 1. The summed E-state index contributed by atoms with van der Waals surface area (Å²) >= 11 is 0. The van der Waals surface area contributed by atoms with Crippen LogP contribution in [0.5, 0.6) is 0 Å². The molecule has 5 nitrogen and oxygen atoms in total. The van der Waals surface area contributed by atoms with Crippen molar-refractivity contribution in [2.24, 2.45) is 0 Å². The van der Waals surface area contributed by atoms with Gasteiger partial charge >= 0.3 is 5.97 Å². The second-order valence-electron chi connectivity index (χ2n) is 4.46. The van der Waals surface area contributed by atoms with Gasteiger partial charge in [0.1, 0.15) is 6.10 Å². The summed E-state index contributed by atoms with van der Waals surface area (Å²) in [6.07, 6.45) is 2.11. The third kappa shape index (κ3) is 2.52. The van der Waals surface area contributed by atoms with E-state index in [1.165, 1.54) is 6.92 Å². The van der Waals surface area contributed by atoms with Gasteiger partial charge in [-0.15, -0.1) is 0 Å². The molecule has 0 aromatic heterocycles. The summed E-state index contributed by atoms with van der Waals surface area (Å²) < 4.78 is 5.09. The van der Waals surface area contributed by atoms with Crippen LogP contribution in [0.4, 0.5) is 0 Å². The Labute approximate surface area is 95.1 Å². The first-order valence-electron chi connectivity index (χ1n) is 5.84. The Kier molecular flexibility index (Phi) is 3.43. The molecular formula is C11H18N2O3. The van der Waals surface area contributed by atoms with E-state index in [0.29, 0.717) is 19.0 Å². The molecule has 0 bridgehead atoms. The third-order valence-electron chi connectivity index (χ3n) is 3.21. The van der Waals surface area contributed by atoms with Crippen molar-refractivity contribution in [3.63, 3.8) is 0 Å². The summed E-state index contributed by atoms with van der Waals surface area (Å²) in [5, 5.41) is 3.27. The van der Waals surface area contributed by atoms with Crippen molar-refractivity contribution < 1.29 is 14.3 Å². The number of rotatable bonds is 2. The van der Waals surface area contributed by atoms with Crippen molar-refractivity contribution in [2.45, 2.75) is 38.3 Å². The summed E-state index contributed by atoms with van der Waals surface area (Å²) in [6, 6.07) is 0.328. The minimum Gasteiger partial charge on any atom is -0.460 e. The molecule has 2 rings (SSSR count). The van der Waals surface area contributed by atoms with Crippen LogP contribution in [0, 0.1) is 0 Å². The first kappa shape index (κ1) is 11.4. The molecule has 0 aromatic rings. The molecule has 2 aliphatic heterocycles. The number of piperidine rings is 1. The lowest BCUT2D eigenvalue weighted by atomic mass is 10.1. The van der Waals surface area contributed by atoms with E-state index in [4.69, 9.17) is 4.74 Å². The van der Waals surface area contributed by atoms with Gasteiger partial charge in [-0.1, -0.05) is 0 Å². The molecule has 2 fully saturated rings. The van der Waals surface area contributed by atoms with E-state index < -0.39 is 0 Å². The van der Waals surface area contributed by atoms with Crippen LogP contribution in [0.3, 0.4) is 0 Å². The summed E-state index contributed by atoms with van der Waals surface area (Å²) in [5.74, 6) is -0.178. The van der Waals surface area contributed by atoms with Crippen molar-refractivity contribution in [1.82, 2.24) is 10.2 Å². The molecule has 90 valence electrons. The number of nitrogens with zero attached hydrogens (tertiary/aromatic N) is 1. The van der Waals surface area contributed by atoms with Gasteiger partial charge in [0.15, 0.2) is 0 Å². The predicted molar refractivity (Wildman–Crippen MR) is 57.8 cm³/mol. The van der Waals surface area contributed by atoms with Crippen molar-refractivity contribution >= 4 is 11.9 Å². The van der Waals surface area contributed by atoms with Gasteiger partial charge in [-0.25, -0.2) is 0 Å². The fourth-order valence-electron chi connectivity index (χ4n) is 2.48. The number of carbonyl (C=O) groups excluding carboxylic acids is 2. The number of hydrogen-bond acceptors (Lipinski definition) is 4. The molecule has 1 atom stereocenters. The van der Waals surface area contributed by atoms with E-state index in [9.17, 15) is 9.59 Å². The monoisotopic (exact) mass is 226 g/mol. The van der Waals surface area contributed by atoms with Gasteiger partial charge in [0.2, 0.25) is 5.91 Å². The molecule has 1 unspecified atom stereocenters. The topological polar surface area (TPSA) is 58.6 Å². The fraction of sp³-hybridized carbons (Fsp3) is 0.818. The van der Waals surface area contributed by atoms with E-state index in [0.717, 1.165) is 25.9 Å². The molecule has 1 amide bonds. The summed E-state index contributed by atoms with van der Waals surface area (Å²) in [5.41, 5.74) is 0. The lowest BCUT2D eigenvalue weighted by Crippen LogP contribution is -2.44. The number of carbonyl (C=O) groups is 2. The average Bonchev–Trinajstić information content (AvgIpc) is 2.60. The maximum absolute atomic E-state index is 11.8. The van der Waals surface area contributed by atoms with Crippen molar-refractivity contribution in [1.29, 1.82) is 0 Å². The lowest BCUT2D eigenvalue weighted by molar-refractivity contribution is -0.145. The van der Waals surface area contributed by atoms with Crippen LogP contribution in [-0.4, -0.2) is 48.6 Å². The van der Waals surface area contributed by atoms with Gasteiger partial charge in [-0.3, -0.25) is 9.59 Å². The molecule has 1 N–H and O–H groups in total. The molecule has 2 saturated heterocycles. The number of hydrogen-bond donors (Lipinski definition) is 1. The maximum atomic E-state index is 11.8. The van der Waals surface area contributed by atoms with E-state index in [-0.39, 0.29) is 18.0 Å². The highest BCUT2D eigenvalue weighted by molar-refractivity contribution is 5.80. The molecule has 0 radical (unpaired) electrons. The Bertz CT molecular complexity index is 287. The van der Waals surface area contributed by atoms with Gasteiger partial charge < -0.3 is 15.0 Å². The van der Waals surface area contributed by atoms with Crippen LogP contribution in [0.1, 0.15) is 26.2 Å². The van der Waals surface area contributed by atoms with Crippen LogP contribution < -0.4 is 5.32 Å². The van der Waals surface area contributed by atoms with E-state index in [2.05, 4.69) is 5.32 Å². The largest absolute Gasteiger partial charge is 0.460 e. The van der Waals surface area contributed by atoms with Gasteiger partial charge in [-0.2, -0.15) is 0 Å². The lowest BCUT2D eigenvalue weighted by Gasteiger charge is -2.31. The van der Waals surface area contributed by atoms with E-state index >= 15 is 0 Å². The second-order valence-corrected chi connectivity index (χ2v) is 4.46.